The van der Waals surface area contributed by atoms with Gasteiger partial charge in [0.2, 0.25) is 0 Å². The molecule has 48 heavy (non-hydrogen) atoms. The summed E-state index contributed by atoms with van der Waals surface area (Å²) in [5.41, 5.74) is 14.3. The number of para-hydroxylation sites is 1. The highest BCUT2D eigenvalue weighted by Crippen LogP contribution is 2.58. The number of rotatable bonds is 3. The van der Waals surface area contributed by atoms with Crippen LogP contribution in [0.5, 0.6) is 0 Å². The van der Waals surface area contributed by atoms with Crippen molar-refractivity contribution in [2.45, 2.75) is 57.8 Å². The maximum atomic E-state index is 2.53. The molecule has 0 radical (unpaired) electrons. The molecule has 9 rings (SSSR count). The Labute approximate surface area is 284 Å². The molecule has 2 aliphatic rings. The van der Waals surface area contributed by atoms with Gasteiger partial charge in [0, 0.05) is 22.2 Å². The summed E-state index contributed by atoms with van der Waals surface area (Å²) in [5, 5.41) is 5.18. The highest BCUT2D eigenvalue weighted by Gasteiger charge is 2.47. The van der Waals surface area contributed by atoms with Crippen molar-refractivity contribution < 1.29 is 0 Å². The Morgan fingerprint density at radius 3 is 1.83 bits per heavy atom. The molecule has 0 unspecified atom stereocenters. The fraction of sp³-hybridized carbons (Fsp3) is 0.191. The summed E-state index contributed by atoms with van der Waals surface area (Å²) in [5.74, 6) is 0. The van der Waals surface area contributed by atoms with Crippen molar-refractivity contribution in [3.63, 3.8) is 0 Å². The summed E-state index contributed by atoms with van der Waals surface area (Å²) < 4.78 is 0. The zero-order chi connectivity index (χ0) is 33.0. The minimum Gasteiger partial charge on any atom is -0.310 e. The summed E-state index contributed by atoms with van der Waals surface area (Å²) in [6.07, 6.45) is 0. The third kappa shape index (κ3) is 3.79. The SMILES string of the molecule is CC1(C)c2ccccc2-c2ccc(N(c3ccccc3)c3cc4c(c5c3ccc3ccccc35)-c3ccccc3C(C)(C)C4(C)C)cc21. The molecule has 0 heterocycles. The molecule has 7 aromatic rings. The number of benzene rings is 7. The minimum absolute atomic E-state index is 0.0763. The highest BCUT2D eigenvalue weighted by atomic mass is 15.1. The number of nitrogens with zero attached hydrogens (tertiary/aromatic N) is 1. The van der Waals surface area contributed by atoms with Crippen molar-refractivity contribution in [2.24, 2.45) is 0 Å². The van der Waals surface area contributed by atoms with Gasteiger partial charge in [-0.1, -0.05) is 151 Å². The van der Waals surface area contributed by atoms with E-state index in [0.717, 1.165) is 5.69 Å². The van der Waals surface area contributed by atoms with Gasteiger partial charge in [-0.3, -0.25) is 0 Å². The fourth-order valence-electron chi connectivity index (χ4n) is 8.89. The molecule has 0 aliphatic heterocycles. The molecule has 0 saturated heterocycles. The van der Waals surface area contributed by atoms with E-state index in [-0.39, 0.29) is 16.2 Å². The molecule has 0 atom stereocenters. The van der Waals surface area contributed by atoms with E-state index in [2.05, 4.69) is 186 Å². The van der Waals surface area contributed by atoms with E-state index in [9.17, 15) is 0 Å². The second-order valence-electron chi connectivity index (χ2n) is 15.4. The van der Waals surface area contributed by atoms with Gasteiger partial charge in [-0.05, 0) is 102 Å². The summed E-state index contributed by atoms with van der Waals surface area (Å²) >= 11 is 0. The molecule has 0 fully saturated rings. The lowest BCUT2D eigenvalue weighted by Crippen LogP contribution is -2.43. The molecule has 2 aliphatic carbocycles. The molecule has 0 spiro atoms. The first kappa shape index (κ1) is 29.0. The van der Waals surface area contributed by atoms with Gasteiger partial charge < -0.3 is 4.90 Å². The molecule has 0 amide bonds. The average molecular weight is 620 g/mol. The van der Waals surface area contributed by atoms with Gasteiger partial charge in [0.25, 0.3) is 0 Å². The van der Waals surface area contributed by atoms with Gasteiger partial charge in [0.1, 0.15) is 0 Å². The monoisotopic (exact) mass is 619 g/mol. The highest BCUT2D eigenvalue weighted by molar-refractivity contribution is 6.20. The van der Waals surface area contributed by atoms with Crippen molar-refractivity contribution in [1.82, 2.24) is 0 Å². The van der Waals surface area contributed by atoms with Gasteiger partial charge in [0.05, 0.1) is 5.69 Å². The van der Waals surface area contributed by atoms with Crippen LogP contribution in [-0.2, 0) is 16.2 Å². The zero-order valence-electron chi connectivity index (χ0n) is 28.7. The van der Waals surface area contributed by atoms with Crippen LogP contribution in [0, 0.1) is 0 Å². The predicted octanol–water partition coefficient (Wildman–Crippen LogP) is 13.0. The van der Waals surface area contributed by atoms with Crippen LogP contribution in [0.3, 0.4) is 0 Å². The second-order valence-corrected chi connectivity index (χ2v) is 15.4. The largest absolute Gasteiger partial charge is 0.310 e. The Morgan fingerprint density at radius 1 is 0.417 bits per heavy atom. The molecule has 0 saturated carbocycles. The maximum Gasteiger partial charge on any atom is 0.0543 e. The Bertz CT molecular complexity index is 2430. The Balaban J connectivity index is 1.41. The number of hydrogen-bond acceptors (Lipinski definition) is 1. The normalized spacial score (nSPS) is 16.2. The quantitative estimate of drug-likeness (QED) is 0.178. The molecule has 0 bridgehead atoms. The zero-order valence-corrected chi connectivity index (χ0v) is 28.7. The smallest absolute Gasteiger partial charge is 0.0543 e. The van der Waals surface area contributed by atoms with Crippen LogP contribution in [0.4, 0.5) is 17.1 Å². The average Bonchev–Trinajstić information content (AvgIpc) is 3.33. The summed E-state index contributed by atoms with van der Waals surface area (Å²) in [7, 11) is 0. The Kier molecular flexibility index (Phi) is 6.01. The van der Waals surface area contributed by atoms with E-state index in [1.807, 2.05) is 0 Å². The van der Waals surface area contributed by atoms with E-state index in [0.29, 0.717) is 0 Å². The number of fused-ring (bicyclic) bond motifs is 10. The number of anilines is 3. The molecule has 1 nitrogen and oxygen atoms in total. The van der Waals surface area contributed by atoms with Crippen LogP contribution >= 0.6 is 0 Å². The van der Waals surface area contributed by atoms with Gasteiger partial charge in [-0.2, -0.15) is 0 Å². The fourth-order valence-corrected chi connectivity index (χ4v) is 8.89. The van der Waals surface area contributed by atoms with Crippen LogP contribution in [0.2, 0.25) is 0 Å². The molecule has 0 aromatic heterocycles. The Hall–Kier alpha value is -5.14. The lowest BCUT2D eigenvalue weighted by molar-refractivity contribution is 0.299. The summed E-state index contributed by atoms with van der Waals surface area (Å²) in [6, 6.07) is 52.3. The van der Waals surface area contributed by atoms with Gasteiger partial charge in [-0.25, -0.2) is 0 Å². The first-order valence-corrected chi connectivity index (χ1v) is 17.3. The molecule has 0 N–H and O–H groups in total. The third-order valence-electron chi connectivity index (χ3n) is 12.2. The molecular weight excluding hydrogens is 579 g/mol. The van der Waals surface area contributed by atoms with E-state index >= 15 is 0 Å². The van der Waals surface area contributed by atoms with E-state index in [1.54, 1.807) is 0 Å². The van der Waals surface area contributed by atoms with E-state index < -0.39 is 0 Å². The molecule has 1 heteroatoms. The van der Waals surface area contributed by atoms with Gasteiger partial charge in [-0.15, -0.1) is 0 Å². The van der Waals surface area contributed by atoms with Gasteiger partial charge in [0.15, 0.2) is 0 Å². The Morgan fingerprint density at radius 2 is 1.04 bits per heavy atom. The molecular formula is C47H41N. The standard InChI is InChI=1S/C47H41N/c1-45(2)38-22-14-12-20-34(38)35-27-25-32(28-40(35)45)48(31-17-8-7-9-18-31)42-29-41-44(43-33-19-11-10-16-30(33)24-26-37(42)43)36-21-13-15-23-39(36)46(3,4)47(41,5)6/h7-29H,1-6H3. The third-order valence-corrected chi connectivity index (χ3v) is 12.2. The molecule has 234 valence electrons. The van der Waals surface area contributed by atoms with Crippen molar-refractivity contribution in [1.29, 1.82) is 0 Å². The van der Waals surface area contributed by atoms with Crippen LogP contribution in [-0.4, -0.2) is 0 Å². The van der Waals surface area contributed by atoms with Crippen molar-refractivity contribution >= 4 is 38.6 Å². The van der Waals surface area contributed by atoms with E-state index in [1.165, 1.54) is 77.4 Å². The van der Waals surface area contributed by atoms with Crippen molar-refractivity contribution in [3.05, 3.63) is 162 Å². The van der Waals surface area contributed by atoms with Gasteiger partial charge >= 0.3 is 0 Å². The summed E-state index contributed by atoms with van der Waals surface area (Å²) in [4.78, 5) is 2.51. The van der Waals surface area contributed by atoms with Crippen molar-refractivity contribution in [3.8, 4) is 22.3 Å². The number of hydrogen-bond donors (Lipinski definition) is 0. The summed E-state index contributed by atoms with van der Waals surface area (Å²) in [6.45, 7) is 14.5. The van der Waals surface area contributed by atoms with Crippen LogP contribution in [0.15, 0.2) is 140 Å². The predicted molar refractivity (Wildman–Crippen MR) is 205 cm³/mol. The molecule has 7 aromatic carbocycles. The van der Waals surface area contributed by atoms with Crippen LogP contribution in [0.25, 0.3) is 43.8 Å². The van der Waals surface area contributed by atoms with E-state index in [4.69, 9.17) is 0 Å². The first-order chi connectivity index (χ1) is 23.1. The van der Waals surface area contributed by atoms with Crippen LogP contribution in [0.1, 0.15) is 63.8 Å². The minimum atomic E-state index is -0.138. The lowest BCUT2D eigenvalue weighted by Gasteiger charge is -2.49. The first-order valence-electron chi connectivity index (χ1n) is 17.3. The second kappa shape index (κ2) is 9.94. The lowest BCUT2D eigenvalue weighted by atomic mass is 9.55. The maximum absolute atomic E-state index is 2.53. The topological polar surface area (TPSA) is 3.24 Å². The van der Waals surface area contributed by atoms with Crippen LogP contribution < -0.4 is 4.90 Å². The van der Waals surface area contributed by atoms with Crippen molar-refractivity contribution in [2.75, 3.05) is 4.90 Å².